The summed E-state index contributed by atoms with van der Waals surface area (Å²) in [6.07, 6.45) is 1.26. The Balaban J connectivity index is 2.53. The summed E-state index contributed by atoms with van der Waals surface area (Å²) in [5.74, 6) is -1.87. The first-order valence-corrected chi connectivity index (χ1v) is 7.79. The lowest BCUT2D eigenvalue weighted by molar-refractivity contribution is -0.143. The Morgan fingerprint density at radius 1 is 1.45 bits per heavy atom. The number of ether oxygens (including phenoxy) is 1. The molecule has 20 heavy (non-hydrogen) atoms. The molecule has 0 radical (unpaired) electrons. The van der Waals surface area contributed by atoms with E-state index >= 15 is 0 Å². The predicted molar refractivity (Wildman–Crippen MR) is 73.7 cm³/mol. The van der Waals surface area contributed by atoms with E-state index in [-0.39, 0.29) is 6.10 Å². The zero-order valence-corrected chi connectivity index (χ0v) is 12.1. The molecule has 1 aliphatic heterocycles. The molecular formula is C14H18O5P+. The van der Waals surface area contributed by atoms with Gasteiger partial charge in [-0.1, -0.05) is 37.3 Å². The van der Waals surface area contributed by atoms with Crippen LogP contribution in [0.3, 0.4) is 0 Å². The third kappa shape index (κ3) is 2.37. The van der Waals surface area contributed by atoms with Gasteiger partial charge in [0.25, 0.3) is 0 Å². The molecule has 0 spiro atoms. The van der Waals surface area contributed by atoms with E-state index in [1.165, 1.54) is 0 Å². The summed E-state index contributed by atoms with van der Waals surface area (Å²) in [4.78, 5) is 21.7. The van der Waals surface area contributed by atoms with Gasteiger partial charge < -0.3 is 9.84 Å². The molecule has 1 aromatic rings. The van der Waals surface area contributed by atoms with Crippen molar-refractivity contribution in [3.05, 3.63) is 35.9 Å². The first kappa shape index (κ1) is 15.1. The van der Waals surface area contributed by atoms with Gasteiger partial charge in [-0.3, -0.25) is 0 Å². The average molecular weight is 297 g/mol. The maximum Gasteiger partial charge on any atom is 0.529 e. The molecule has 4 atom stereocenters. The second kappa shape index (κ2) is 6.00. The van der Waals surface area contributed by atoms with Gasteiger partial charge >= 0.3 is 19.2 Å². The minimum Gasteiger partial charge on any atom is -0.477 e. The molecule has 2 rings (SSSR count). The molecule has 0 aliphatic carbocycles. The van der Waals surface area contributed by atoms with E-state index in [9.17, 15) is 19.4 Å². The Bertz CT molecular complexity index is 482. The molecule has 0 aromatic heterocycles. The van der Waals surface area contributed by atoms with Crippen LogP contribution in [-0.4, -0.2) is 28.7 Å². The van der Waals surface area contributed by atoms with E-state index < -0.39 is 25.1 Å². The molecule has 1 saturated heterocycles. The average Bonchev–Trinajstić information content (AvgIpc) is 2.93. The molecule has 0 amide bonds. The molecule has 6 heteroatoms. The number of hydrogen-bond acceptors (Lipinski definition) is 3. The van der Waals surface area contributed by atoms with Gasteiger partial charge in [0, 0.05) is 12.2 Å². The highest BCUT2D eigenvalue weighted by Gasteiger charge is 2.64. The number of aliphatic carboxylic acids is 1. The van der Waals surface area contributed by atoms with Crippen LogP contribution in [0.1, 0.15) is 25.3 Å². The van der Waals surface area contributed by atoms with E-state index in [1.54, 1.807) is 37.3 Å². The number of rotatable bonds is 5. The molecule has 1 aromatic carbocycles. The number of carbonyl (C=O) groups is 1. The molecular weight excluding hydrogens is 279 g/mol. The van der Waals surface area contributed by atoms with Crippen molar-refractivity contribution >= 4 is 14.0 Å². The summed E-state index contributed by atoms with van der Waals surface area (Å²) in [7, 11) is -2.95. The fourth-order valence-electron chi connectivity index (χ4n) is 2.91. The summed E-state index contributed by atoms with van der Waals surface area (Å²) >= 11 is 0. The summed E-state index contributed by atoms with van der Waals surface area (Å²) < 4.78 is 17.5. The molecule has 5 nitrogen and oxygen atoms in total. The first-order valence-electron chi connectivity index (χ1n) is 6.58. The van der Waals surface area contributed by atoms with E-state index in [0.29, 0.717) is 18.6 Å². The topological polar surface area (TPSA) is 83.8 Å². The van der Waals surface area contributed by atoms with Crippen LogP contribution in [0.2, 0.25) is 0 Å². The minimum atomic E-state index is -2.95. The van der Waals surface area contributed by atoms with E-state index in [2.05, 4.69) is 0 Å². The van der Waals surface area contributed by atoms with Crippen LogP contribution < -0.4 is 0 Å². The standard InChI is InChI=1S/C14H17O5P/c1-10(12-8-5-9-19-12)14(13(15)16,20(17)18)11-6-3-2-4-7-11/h2-4,6-7,10,12H,5,8-9H2,1H3,(H-,15,16,17,18)/p+1. The number of hydrogen-bond donors (Lipinski definition) is 2. The summed E-state index contributed by atoms with van der Waals surface area (Å²) in [5, 5.41) is 7.85. The molecule has 0 bridgehead atoms. The van der Waals surface area contributed by atoms with Crippen LogP contribution in [0.5, 0.6) is 0 Å². The molecule has 0 saturated carbocycles. The highest BCUT2D eigenvalue weighted by atomic mass is 31.1. The molecule has 1 heterocycles. The zero-order valence-electron chi connectivity index (χ0n) is 11.2. The smallest absolute Gasteiger partial charge is 0.477 e. The highest BCUT2D eigenvalue weighted by molar-refractivity contribution is 7.41. The van der Waals surface area contributed by atoms with Crippen molar-refractivity contribution in [3.63, 3.8) is 0 Å². The van der Waals surface area contributed by atoms with E-state index in [1.807, 2.05) is 0 Å². The van der Waals surface area contributed by atoms with Gasteiger partial charge in [-0.25, -0.2) is 4.79 Å². The number of benzene rings is 1. The fourth-order valence-corrected chi connectivity index (χ4v) is 3.95. The largest absolute Gasteiger partial charge is 0.529 e. The second-order valence-electron chi connectivity index (χ2n) is 5.05. The molecule has 1 aliphatic rings. The lowest BCUT2D eigenvalue weighted by Crippen LogP contribution is -2.44. The maximum absolute atomic E-state index is 12.0. The monoisotopic (exact) mass is 297 g/mol. The van der Waals surface area contributed by atoms with Gasteiger partial charge in [0.2, 0.25) is 0 Å². The van der Waals surface area contributed by atoms with Crippen LogP contribution in [0.25, 0.3) is 0 Å². The molecule has 108 valence electrons. The van der Waals surface area contributed by atoms with Crippen LogP contribution in [-0.2, 0) is 19.3 Å². The second-order valence-corrected chi connectivity index (χ2v) is 6.30. The normalized spacial score (nSPS) is 23.9. The Morgan fingerprint density at radius 3 is 2.55 bits per heavy atom. The van der Waals surface area contributed by atoms with E-state index in [0.717, 1.165) is 6.42 Å². The quantitative estimate of drug-likeness (QED) is 0.816. The van der Waals surface area contributed by atoms with Crippen molar-refractivity contribution in [1.82, 2.24) is 0 Å². The Hall–Kier alpha value is -1.29. The summed E-state index contributed by atoms with van der Waals surface area (Å²) in [6, 6.07) is 8.27. The van der Waals surface area contributed by atoms with Crippen LogP contribution in [0.15, 0.2) is 30.3 Å². The Morgan fingerprint density at radius 2 is 2.10 bits per heavy atom. The van der Waals surface area contributed by atoms with Crippen molar-refractivity contribution in [1.29, 1.82) is 0 Å². The van der Waals surface area contributed by atoms with Crippen molar-refractivity contribution in [2.45, 2.75) is 31.0 Å². The summed E-state index contributed by atoms with van der Waals surface area (Å²) in [5.41, 5.74) is 0.346. The number of carboxylic acid groups (broad SMARTS) is 1. The zero-order chi connectivity index (χ0) is 14.8. The molecule has 1 fully saturated rings. The van der Waals surface area contributed by atoms with Gasteiger partial charge in [-0.15, -0.1) is 0 Å². The number of carboxylic acids is 1. The third-order valence-electron chi connectivity index (χ3n) is 4.02. The predicted octanol–water partition coefficient (Wildman–Crippen LogP) is 2.52. The molecule has 2 N–H and O–H groups in total. The lowest BCUT2D eigenvalue weighted by atomic mass is 9.81. The Labute approximate surface area is 118 Å². The first-order chi connectivity index (χ1) is 9.51. The van der Waals surface area contributed by atoms with Crippen molar-refractivity contribution in [3.8, 4) is 0 Å². The van der Waals surface area contributed by atoms with Gasteiger partial charge in [0.05, 0.1) is 12.0 Å². The summed E-state index contributed by atoms with van der Waals surface area (Å²) in [6.45, 7) is 2.25. The Kier molecular flexibility index (Phi) is 4.53. The highest BCUT2D eigenvalue weighted by Crippen LogP contribution is 2.52. The van der Waals surface area contributed by atoms with Crippen LogP contribution in [0, 0.1) is 5.92 Å². The SMILES string of the molecule is CC(C1CCCO1)C(C(=O)O)(c1ccccc1)[P+](=O)O. The molecule has 4 unspecified atom stereocenters. The van der Waals surface area contributed by atoms with Crippen molar-refractivity contribution in [2.75, 3.05) is 6.61 Å². The van der Waals surface area contributed by atoms with Crippen molar-refractivity contribution in [2.24, 2.45) is 5.92 Å². The minimum absolute atomic E-state index is 0.308. The van der Waals surface area contributed by atoms with Gasteiger partial charge in [-0.2, -0.15) is 4.89 Å². The maximum atomic E-state index is 12.0. The van der Waals surface area contributed by atoms with Gasteiger partial charge in [0.15, 0.2) is 0 Å². The van der Waals surface area contributed by atoms with Crippen molar-refractivity contribution < 1.29 is 24.1 Å². The van der Waals surface area contributed by atoms with Gasteiger partial charge in [0.1, 0.15) is 0 Å². The lowest BCUT2D eigenvalue weighted by Gasteiger charge is -2.28. The third-order valence-corrected chi connectivity index (χ3v) is 5.48. The van der Waals surface area contributed by atoms with Gasteiger partial charge in [-0.05, 0) is 17.4 Å². The van der Waals surface area contributed by atoms with E-state index in [4.69, 9.17) is 4.74 Å². The fraction of sp³-hybridized carbons (Fsp3) is 0.500. The van der Waals surface area contributed by atoms with Crippen LogP contribution in [0.4, 0.5) is 0 Å². The van der Waals surface area contributed by atoms with Crippen LogP contribution >= 0.6 is 8.03 Å².